The van der Waals surface area contributed by atoms with E-state index in [1.807, 2.05) is 13.0 Å². The van der Waals surface area contributed by atoms with Crippen LogP contribution >= 0.6 is 0 Å². The summed E-state index contributed by atoms with van der Waals surface area (Å²) < 4.78 is 6.50. The van der Waals surface area contributed by atoms with Gasteiger partial charge < -0.3 is 15.0 Å². The average Bonchev–Trinajstić information content (AvgIpc) is 3.23. The van der Waals surface area contributed by atoms with Gasteiger partial charge in [0.1, 0.15) is 11.5 Å². The number of aromatic amines is 1. The Hall–Kier alpha value is -2.99. The maximum atomic E-state index is 14.4. The molecule has 0 radical (unpaired) electrons. The van der Waals surface area contributed by atoms with Gasteiger partial charge >= 0.3 is 0 Å². The normalized spacial score (nSPS) is 44.1. The number of hydrogen-bond donors (Lipinski definition) is 2. The van der Waals surface area contributed by atoms with Crippen molar-refractivity contribution in [1.29, 1.82) is 0 Å². The van der Waals surface area contributed by atoms with Crippen LogP contribution in [0, 0.1) is 29.1 Å². The number of carbonyl (C=O) groups is 2. The zero-order valence-corrected chi connectivity index (χ0v) is 22.7. The molecule has 6 nitrogen and oxygen atoms in total. The molecule has 1 aliphatic carbocycles. The average molecular weight is 512 g/mol. The van der Waals surface area contributed by atoms with Crippen LogP contribution in [0.4, 0.5) is 0 Å². The molecule has 9 atom stereocenters. The minimum absolute atomic E-state index is 0.0180. The second-order valence-corrected chi connectivity index (χ2v) is 12.6. The van der Waals surface area contributed by atoms with Gasteiger partial charge in [-0.15, -0.1) is 0 Å². The molecule has 1 saturated carbocycles. The fraction of sp³-hybridized carbons (Fsp3) is 0.531. The number of benzene rings is 1. The number of aliphatic imine (C=N–C) groups is 1. The van der Waals surface area contributed by atoms with Crippen molar-refractivity contribution in [1.82, 2.24) is 10.3 Å². The molecule has 1 spiro atoms. The van der Waals surface area contributed by atoms with Crippen LogP contribution in [0.1, 0.15) is 52.5 Å². The molecule has 7 rings (SSSR count). The smallest absolute Gasteiger partial charge is 0.233 e. The molecule has 198 valence electrons. The number of ketones is 1. The van der Waals surface area contributed by atoms with Crippen molar-refractivity contribution >= 4 is 28.3 Å². The fourth-order valence-corrected chi connectivity index (χ4v) is 8.45. The van der Waals surface area contributed by atoms with E-state index in [0.717, 1.165) is 29.6 Å². The molecule has 2 N–H and O–H groups in total. The largest absolute Gasteiger partial charge is 0.365 e. The van der Waals surface area contributed by atoms with Gasteiger partial charge in [-0.2, -0.15) is 0 Å². The Morgan fingerprint density at radius 3 is 2.84 bits per heavy atom. The molecule has 38 heavy (non-hydrogen) atoms. The maximum Gasteiger partial charge on any atom is 0.233 e. The number of fused-ring (bicyclic) bond motifs is 4. The number of ether oxygens (including phenoxy) is 1. The number of aromatic nitrogens is 1. The maximum absolute atomic E-state index is 14.4. The zero-order chi connectivity index (χ0) is 26.4. The topological polar surface area (TPSA) is 86.8 Å². The van der Waals surface area contributed by atoms with Gasteiger partial charge in [0.2, 0.25) is 5.91 Å². The van der Waals surface area contributed by atoms with Crippen LogP contribution in [0.15, 0.2) is 59.3 Å². The summed E-state index contributed by atoms with van der Waals surface area (Å²) in [4.78, 5) is 36.3. The number of nitrogens with zero attached hydrogens (tertiary/aromatic N) is 1. The molecule has 6 heteroatoms. The number of H-pyrrole nitrogens is 1. The summed E-state index contributed by atoms with van der Waals surface area (Å²) in [5, 5.41) is 4.68. The molecule has 2 aromatic rings. The van der Waals surface area contributed by atoms with Crippen LogP contribution in [0.5, 0.6) is 0 Å². The van der Waals surface area contributed by atoms with Gasteiger partial charge in [-0.05, 0) is 68.6 Å². The van der Waals surface area contributed by atoms with Gasteiger partial charge in [-0.25, -0.2) is 0 Å². The number of para-hydroxylation sites is 1. The van der Waals surface area contributed by atoms with Crippen LogP contribution in [-0.2, 0) is 20.7 Å². The van der Waals surface area contributed by atoms with E-state index in [1.54, 1.807) is 0 Å². The third-order valence-electron chi connectivity index (χ3n) is 10.5. The second kappa shape index (κ2) is 8.25. The van der Waals surface area contributed by atoms with E-state index in [9.17, 15) is 9.59 Å². The number of nitrogens with one attached hydrogen (secondary N) is 2. The first-order chi connectivity index (χ1) is 18.2. The van der Waals surface area contributed by atoms with Crippen LogP contribution in [0.25, 0.3) is 10.9 Å². The van der Waals surface area contributed by atoms with E-state index in [1.165, 1.54) is 10.9 Å². The van der Waals surface area contributed by atoms with Crippen molar-refractivity contribution < 1.29 is 14.3 Å². The van der Waals surface area contributed by atoms with E-state index < -0.39 is 11.5 Å². The predicted molar refractivity (Wildman–Crippen MR) is 148 cm³/mol. The van der Waals surface area contributed by atoms with Crippen molar-refractivity contribution in [3.63, 3.8) is 0 Å². The van der Waals surface area contributed by atoms with Crippen molar-refractivity contribution in [3.8, 4) is 0 Å². The van der Waals surface area contributed by atoms with Crippen LogP contribution in [0.3, 0.4) is 0 Å². The summed E-state index contributed by atoms with van der Waals surface area (Å²) in [7, 11) is 0. The number of rotatable bonds is 2. The first-order valence-corrected chi connectivity index (χ1v) is 14.3. The number of Topliss-reactive ketones (excluding diaryl/α,β-unsaturated/α-hetero) is 1. The fourth-order valence-electron chi connectivity index (χ4n) is 8.45. The lowest BCUT2D eigenvalue weighted by atomic mass is 9.51. The minimum Gasteiger partial charge on any atom is -0.365 e. The molecule has 1 aromatic carbocycles. The first-order valence-electron chi connectivity index (χ1n) is 14.3. The molecular formula is C32H37N3O3. The van der Waals surface area contributed by atoms with Gasteiger partial charge in [-0.1, -0.05) is 50.3 Å². The summed E-state index contributed by atoms with van der Waals surface area (Å²) in [5.41, 5.74) is 2.98. The van der Waals surface area contributed by atoms with Crippen LogP contribution < -0.4 is 5.32 Å². The van der Waals surface area contributed by atoms with Crippen molar-refractivity contribution in [2.75, 3.05) is 0 Å². The van der Waals surface area contributed by atoms with Crippen LogP contribution in [-0.4, -0.2) is 46.2 Å². The van der Waals surface area contributed by atoms with E-state index in [-0.39, 0.29) is 53.1 Å². The van der Waals surface area contributed by atoms with Crippen molar-refractivity contribution in [2.24, 2.45) is 34.1 Å². The number of epoxide rings is 1. The minimum atomic E-state index is -0.789. The van der Waals surface area contributed by atoms with Crippen molar-refractivity contribution in [2.45, 2.75) is 77.2 Å². The standard InChI is InChI=1S/C32H37N3O3/c1-17-8-7-10-22-29-31(4,38-29)19(3)27-25(15-20-16-33-23-11-6-5-9-21(20)23)35-30(37)32(22,27)26-13-12-24(34-26)28(36)18(2)14-17/h5-7,9-11,14,16-17,19,22,24-25,27,29,33H,8,12-13,15H2,1-4H3,(H,35,37)/b10-7+,18-14+/t17-,19-,22-,24-,25-,27-,29-,31+,32+/m0/s1. The Balaban J connectivity index is 1.37. The highest BCUT2D eigenvalue weighted by atomic mass is 16.6. The Labute approximate surface area is 224 Å². The van der Waals surface area contributed by atoms with Crippen LogP contribution in [0.2, 0.25) is 0 Å². The Morgan fingerprint density at radius 2 is 2.00 bits per heavy atom. The molecule has 4 aliphatic heterocycles. The third kappa shape index (κ3) is 3.19. The summed E-state index contributed by atoms with van der Waals surface area (Å²) in [6.07, 6.45) is 11.6. The zero-order valence-electron chi connectivity index (χ0n) is 22.7. The SMILES string of the molecule is C/C1=C\[C@@H](C)C/C=C/[C@H]2[C@@H]3O[C@]3(C)[C@@H](C)[C@H]3[C@H](Cc4c[nH]c5ccccc45)NC(=O)[C@]32C2=N[C@@H](CC2)C1=O. The highest BCUT2D eigenvalue weighted by Crippen LogP contribution is 2.66. The summed E-state index contributed by atoms with van der Waals surface area (Å²) in [6, 6.07) is 7.92. The monoisotopic (exact) mass is 511 g/mol. The predicted octanol–water partition coefficient (Wildman–Crippen LogP) is 4.95. The molecule has 5 aliphatic rings. The van der Waals surface area contributed by atoms with Crippen molar-refractivity contribution in [3.05, 3.63) is 59.8 Å². The lowest BCUT2D eigenvalue weighted by Crippen LogP contribution is -2.58. The summed E-state index contributed by atoms with van der Waals surface area (Å²) in [6.45, 7) is 8.55. The Bertz CT molecular complexity index is 1430. The number of allylic oxidation sites excluding steroid dienone is 2. The molecular weight excluding hydrogens is 474 g/mol. The van der Waals surface area contributed by atoms with Gasteiger partial charge in [0, 0.05) is 40.7 Å². The third-order valence-corrected chi connectivity index (χ3v) is 10.5. The number of carbonyl (C=O) groups excluding carboxylic acids is 2. The second-order valence-electron chi connectivity index (χ2n) is 12.6. The summed E-state index contributed by atoms with van der Waals surface area (Å²) in [5.74, 6) is 0.503. The highest BCUT2D eigenvalue weighted by Gasteiger charge is 2.77. The van der Waals surface area contributed by atoms with Gasteiger partial charge in [0.05, 0.1) is 11.7 Å². The Morgan fingerprint density at radius 1 is 1.18 bits per heavy atom. The molecule has 3 fully saturated rings. The highest BCUT2D eigenvalue weighted by molar-refractivity contribution is 6.14. The van der Waals surface area contributed by atoms with E-state index in [4.69, 9.17) is 9.73 Å². The molecule has 5 heterocycles. The van der Waals surface area contributed by atoms with Gasteiger partial charge in [0.15, 0.2) is 5.78 Å². The summed E-state index contributed by atoms with van der Waals surface area (Å²) >= 11 is 0. The van der Waals surface area contributed by atoms with Gasteiger partial charge in [0.25, 0.3) is 0 Å². The molecule has 2 saturated heterocycles. The van der Waals surface area contributed by atoms with E-state index in [2.05, 4.69) is 73.7 Å². The van der Waals surface area contributed by atoms with E-state index >= 15 is 0 Å². The molecule has 1 aromatic heterocycles. The lowest BCUT2D eigenvalue weighted by molar-refractivity contribution is -0.128. The Kier molecular flexibility index (Phi) is 5.23. The molecule has 2 bridgehead atoms. The quantitative estimate of drug-likeness (QED) is 0.442. The first kappa shape index (κ1) is 24.1. The van der Waals surface area contributed by atoms with Gasteiger partial charge in [-0.3, -0.25) is 14.6 Å². The number of amides is 1. The van der Waals surface area contributed by atoms with E-state index in [0.29, 0.717) is 12.8 Å². The lowest BCUT2D eigenvalue weighted by Gasteiger charge is -2.47. The number of hydrogen-bond acceptors (Lipinski definition) is 4. The molecule has 1 amide bonds. The molecule has 0 unspecified atom stereocenters.